The number of fused-ring (bicyclic) bond motifs is 1. The number of aromatic amines is 1. The number of aliphatic imine (C=N–C) groups is 1. The van der Waals surface area contributed by atoms with Crippen LogP contribution in [0.2, 0.25) is 0 Å². The van der Waals surface area contributed by atoms with Crippen LogP contribution in [0.15, 0.2) is 53.5 Å². The van der Waals surface area contributed by atoms with Gasteiger partial charge in [0.15, 0.2) is 5.96 Å². The maximum atomic E-state index is 9.32. The summed E-state index contributed by atoms with van der Waals surface area (Å²) < 4.78 is 0. The summed E-state index contributed by atoms with van der Waals surface area (Å²) in [5, 5.41) is 17.4. The molecule has 150 valence electrons. The number of nitrogens with one attached hydrogen (secondary N) is 3. The number of benzene rings is 2. The van der Waals surface area contributed by atoms with E-state index in [0.717, 1.165) is 38.3 Å². The zero-order chi connectivity index (χ0) is 19.1. The van der Waals surface area contributed by atoms with Gasteiger partial charge in [0.05, 0.1) is 0 Å². The third-order valence-corrected chi connectivity index (χ3v) is 4.79. The van der Waals surface area contributed by atoms with Gasteiger partial charge in [0.25, 0.3) is 0 Å². The number of nitrogens with zero attached hydrogens (tertiary/aromatic N) is 1. The number of phenolic OH excluding ortho intramolecular Hbond substituents is 1. The van der Waals surface area contributed by atoms with Crippen molar-refractivity contribution in [2.45, 2.75) is 26.2 Å². The predicted molar refractivity (Wildman–Crippen MR) is 128 cm³/mol. The molecule has 1 heterocycles. The Morgan fingerprint density at radius 2 is 1.71 bits per heavy atom. The topological polar surface area (TPSA) is 72.4 Å². The highest BCUT2D eigenvalue weighted by Crippen LogP contribution is 2.21. The smallest absolute Gasteiger partial charge is 0.190 e. The standard InChI is InChI=1S/C22H28N4O.HI/c1-16-19(20-7-3-4-8-21(20)26-16)13-15-25-22(23-2)24-14-5-6-17-9-11-18(27)12-10-17;/h3-4,7-12,26-27H,5-6,13-15H2,1-2H3,(H2,23,24,25);1H. The maximum absolute atomic E-state index is 9.32. The van der Waals surface area contributed by atoms with E-state index < -0.39 is 0 Å². The lowest BCUT2D eigenvalue weighted by Gasteiger charge is -2.12. The number of halogens is 1. The molecule has 0 saturated heterocycles. The first-order chi connectivity index (χ1) is 13.2. The van der Waals surface area contributed by atoms with Crippen molar-refractivity contribution < 1.29 is 5.11 Å². The Balaban J connectivity index is 0.00000280. The van der Waals surface area contributed by atoms with Gasteiger partial charge in [-0.05, 0) is 55.5 Å². The first-order valence-electron chi connectivity index (χ1n) is 9.46. The summed E-state index contributed by atoms with van der Waals surface area (Å²) in [5.41, 5.74) is 5.02. The van der Waals surface area contributed by atoms with Crippen LogP contribution >= 0.6 is 24.0 Å². The summed E-state index contributed by atoms with van der Waals surface area (Å²) in [6.45, 7) is 3.82. The van der Waals surface area contributed by atoms with Crippen LogP contribution in [0.1, 0.15) is 23.2 Å². The molecule has 5 nitrogen and oxygen atoms in total. The number of guanidine groups is 1. The van der Waals surface area contributed by atoms with E-state index in [-0.39, 0.29) is 24.0 Å². The molecule has 3 rings (SSSR count). The summed E-state index contributed by atoms with van der Waals surface area (Å²) in [5.74, 6) is 1.14. The Kier molecular flexibility index (Phi) is 8.63. The van der Waals surface area contributed by atoms with E-state index >= 15 is 0 Å². The third-order valence-electron chi connectivity index (χ3n) is 4.79. The van der Waals surface area contributed by atoms with Crippen molar-refractivity contribution in [1.82, 2.24) is 15.6 Å². The quantitative estimate of drug-likeness (QED) is 0.173. The largest absolute Gasteiger partial charge is 0.508 e. The van der Waals surface area contributed by atoms with E-state index in [9.17, 15) is 5.11 Å². The van der Waals surface area contributed by atoms with E-state index in [1.165, 1.54) is 27.7 Å². The number of phenols is 1. The fourth-order valence-electron chi connectivity index (χ4n) is 3.35. The SMILES string of the molecule is CN=C(NCCCc1ccc(O)cc1)NCCc1c(C)[nH]c2ccccc12.I. The number of hydrogen-bond acceptors (Lipinski definition) is 2. The molecule has 0 aliphatic heterocycles. The highest BCUT2D eigenvalue weighted by atomic mass is 127. The number of aromatic nitrogens is 1. The summed E-state index contributed by atoms with van der Waals surface area (Å²) in [4.78, 5) is 7.75. The van der Waals surface area contributed by atoms with E-state index in [0.29, 0.717) is 5.75 Å². The van der Waals surface area contributed by atoms with E-state index in [1.54, 1.807) is 19.2 Å². The number of para-hydroxylation sites is 1. The lowest BCUT2D eigenvalue weighted by molar-refractivity contribution is 0.475. The van der Waals surface area contributed by atoms with Crippen molar-refractivity contribution in [3.63, 3.8) is 0 Å². The second-order valence-corrected chi connectivity index (χ2v) is 6.72. The van der Waals surface area contributed by atoms with Gasteiger partial charge in [0.1, 0.15) is 5.75 Å². The van der Waals surface area contributed by atoms with Crippen molar-refractivity contribution in [2.24, 2.45) is 4.99 Å². The summed E-state index contributed by atoms with van der Waals surface area (Å²) in [6.07, 6.45) is 2.93. The molecular formula is C22H29IN4O. The molecule has 2 aromatic carbocycles. The minimum Gasteiger partial charge on any atom is -0.508 e. The molecule has 28 heavy (non-hydrogen) atoms. The van der Waals surface area contributed by atoms with Crippen LogP contribution in [0.25, 0.3) is 10.9 Å². The summed E-state index contributed by atoms with van der Waals surface area (Å²) in [6, 6.07) is 15.8. The van der Waals surface area contributed by atoms with Crippen molar-refractivity contribution in [2.75, 3.05) is 20.1 Å². The van der Waals surface area contributed by atoms with Gasteiger partial charge in [-0.2, -0.15) is 0 Å². The van der Waals surface area contributed by atoms with Crippen LogP contribution < -0.4 is 10.6 Å². The molecule has 6 heteroatoms. The second-order valence-electron chi connectivity index (χ2n) is 6.72. The Labute approximate surface area is 183 Å². The molecule has 0 aliphatic rings. The monoisotopic (exact) mass is 492 g/mol. The fraction of sp³-hybridized carbons (Fsp3) is 0.318. The number of H-pyrrole nitrogens is 1. The molecule has 0 fully saturated rings. The van der Waals surface area contributed by atoms with Gasteiger partial charge in [0, 0.05) is 36.7 Å². The maximum Gasteiger partial charge on any atom is 0.190 e. The summed E-state index contributed by atoms with van der Waals surface area (Å²) in [7, 11) is 1.80. The van der Waals surface area contributed by atoms with E-state index in [1.807, 2.05) is 12.1 Å². The number of aromatic hydroxyl groups is 1. The Morgan fingerprint density at radius 3 is 2.46 bits per heavy atom. The lowest BCUT2D eigenvalue weighted by atomic mass is 10.1. The molecular weight excluding hydrogens is 463 g/mol. The average molecular weight is 492 g/mol. The number of hydrogen-bond donors (Lipinski definition) is 4. The molecule has 4 N–H and O–H groups in total. The van der Waals surface area contributed by atoms with E-state index in [2.05, 4.69) is 51.8 Å². The highest BCUT2D eigenvalue weighted by molar-refractivity contribution is 14.0. The predicted octanol–water partition coefficient (Wildman–Crippen LogP) is 4.14. The average Bonchev–Trinajstić information content (AvgIpc) is 3.00. The van der Waals surface area contributed by atoms with E-state index in [4.69, 9.17) is 0 Å². The fourth-order valence-corrected chi connectivity index (χ4v) is 3.35. The molecule has 0 saturated carbocycles. The second kappa shape index (κ2) is 10.9. The third kappa shape index (κ3) is 5.89. The van der Waals surface area contributed by atoms with Crippen LogP contribution in [0.5, 0.6) is 5.75 Å². The first kappa shape index (κ1) is 22.1. The van der Waals surface area contributed by atoms with Gasteiger partial charge in [-0.1, -0.05) is 30.3 Å². The van der Waals surface area contributed by atoms with Gasteiger partial charge in [-0.3, -0.25) is 4.99 Å². The molecule has 0 bridgehead atoms. The van der Waals surface area contributed by atoms with Crippen LogP contribution in [0.4, 0.5) is 0 Å². The molecule has 0 radical (unpaired) electrons. The van der Waals surface area contributed by atoms with Gasteiger partial charge in [-0.25, -0.2) is 0 Å². The lowest BCUT2D eigenvalue weighted by Crippen LogP contribution is -2.38. The molecule has 0 amide bonds. The van der Waals surface area contributed by atoms with Crippen LogP contribution in [0.3, 0.4) is 0 Å². The van der Waals surface area contributed by atoms with Crippen LogP contribution in [-0.4, -0.2) is 36.2 Å². The Hall–Kier alpha value is -2.22. The zero-order valence-corrected chi connectivity index (χ0v) is 18.8. The molecule has 0 unspecified atom stereocenters. The van der Waals surface area contributed by atoms with Crippen molar-refractivity contribution in [3.8, 4) is 5.75 Å². The van der Waals surface area contributed by atoms with Crippen molar-refractivity contribution in [1.29, 1.82) is 0 Å². The minimum absolute atomic E-state index is 0. The number of rotatable bonds is 7. The van der Waals surface area contributed by atoms with Crippen LogP contribution in [-0.2, 0) is 12.8 Å². The summed E-state index contributed by atoms with van der Waals surface area (Å²) >= 11 is 0. The first-order valence-corrected chi connectivity index (χ1v) is 9.46. The van der Waals surface area contributed by atoms with Gasteiger partial charge in [-0.15, -0.1) is 24.0 Å². The highest BCUT2D eigenvalue weighted by Gasteiger charge is 2.07. The van der Waals surface area contributed by atoms with Crippen molar-refractivity contribution in [3.05, 3.63) is 65.4 Å². The number of aryl methyl sites for hydroxylation is 2. The molecule has 0 aliphatic carbocycles. The molecule has 3 aromatic rings. The van der Waals surface area contributed by atoms with Crippen LogP contribution in [0, 0.1) is 6.92 Å². The normalized spacial score (nSPS) is 11.3. The molecule has 1 aromatic heterocycles. The van der Waals surface area contributed by atoms with Gasteiger partial charge in [0.2, 0.25) is 0 Å². The van der Waals surface area contributed by atoms with Crippen molar-refractivity contribution >= 4 is 40.8 Å². The minimum atomic E-state index is 0. The van der Waals surface area contributed by atoms with Gasteiger partial charge >= 0.3 is 0 Å². The van der Waals surface area contributed by atoms with Gasteiger partial charge < -0.3 is 20.7 Å². The zero-order valence-electron chi connectivity index (χ0n) is 16.5. The molecule has 0 spiro atoms. The molecule has 0 atom stereocenters. The Morgan fingerprint density at radius 1 is 1.00 bits per heavy atom. The Bertz CT molecular complexity index is 903.